The van der Waals surface area contributed by atoms with Gasteiger partial charge in [0.15, 0.2) is 0 Å². The Morgan fingerprint density at radius 1 is 0.931 bits per heavy atom. The van der Waals surface area contributed by atoms with Crippen molar-refractivity contribution >= 4 is 54.9 Å². The first-order valence-electron chi connectivity index (χ1n) is 8.12. The van der Waals surface area contributed by atoms with Crippen LogP contribution in [0.25, 0.3) is 20.2 Å². The minimum atomic E-state index is -0.833. The van der Waals surface area contributed by atoms with Crippen LogP contribution in [0.1, 0.15) is 23.9 Å². The van der Waals surface area contributed by atoms with E-state index in [1.165, 1.54) is 29.1 Å². The number of nitrogens with two attached hydrogens (primary N) is 1. The molecule has 0 spiro atoms. The smallest absolute Gasteiger partial charge is 0.300 e. The van der Waals surface area contributed by atoms with Crippen molar-refractivity contribution in [2.45, 2.75) is 27.7 Å². The monoisotopic (exact) mass is 479 g/mol. The van der Waals surface area contributed by atoms with Crippen LogP contribution >= 0.6 is 23.1 Å². The van der Waals surface area contributed by atoms with Crippen molar-refractivity contribution in [1.82, 2.24) is 8.75 Å². The molecular weight excluding hydrogens is 460 g/mol. The summed E-state index contributed by atoms with van der Waals surface area (Å²) in [6.07, 6.45) is 0. The van der Waals surface area contributed by atoms with Crippen molar-refractivity contribution < 1.29 is 35.8 Å². The average Bonchev–Trinajstić information content (AvgIpc) is 3.13. The molecule has 5 nitrogen and oxygen atoms in total. The molecule has 4 rings (SSSR count). The second-order valence-electron chi connectivity index (χ2n) is 6.02. The van der Waals surface area contributed by atoms with Gasteiger partial charge >= 0.3 is 0 Å². The van der Waals surface area contributed by atoms with Gasteiger partial charge in [0.2, 0.25) is 0 Å². The van der Waals surface area contributed by atoms with Gasteiger partial charge in [-0.25, -0.2) is 8.78 Å². The standard InChI is InChI=1S/C9H8FNS.C8H7FN2S.C2H4O2.Fe/c1-5-3-7-6(2)11-12-9(7)4-8(5)10;1-4-5-2-7(10)6(9)3-8(5)12-11-4;1-2(3)4;/h3-4H,1-2H3;2-3H,10H2,1H3;1H3,(H,3,4);. The number of carbonyl (C=O) groups is 1. The molecule has 0 saturated carbocycles. The average molecular weight is 479 g/mol. The van der Waals surface area contributed by atoms with E-state index in [0.29, 0.717) is 5.56 Å². The van der Waals surface area contributed by atoms with Crippen LogP contribution in [0.2, 0.25) is 0 Å². The number of nitrogens with zero attached hydrogens (tertiary/aromatic N) is 2. The third-order valence-electron chi connectivity index (χ3n) is 3.70. The second-order valence-corrected chi connectivity index (χ2v) is 7.63. The molecule has 4 aromatic rings. The summed E-state index contributed by atoms with van der Waals surface area (Å²) in [4.78, 5) is 9.00. The molecule has 2 heterocycles. The molecule has 0 atom stereocenters. The first-order valence-corrected chi connectivity index (χ1v) is 9.67. The minimum Gasteiger partial charge on any atom is -0.481 e. The summed E-state index contributed by atoms with van der Waals surface area (Å²) >= 11 is 2.64. The van der Waals surface area contributed by atoms with E-state index in [0.717, 1.165) is 38.5 Å². The maximum absolute atomic E-state index is 13.0. The zero-order valence-corrected chi connectivity index (χ0v) is 18.8. The zero-order valence-electron chi connectivity index (χ0n) is 16.1. The Hall–Kier alpha value is -2.13. The molecule has 2 aromatic carbocycles. The maximum atomic E-state index is 13.0. The Kier molecular flexibility index (Phi) is 9.10. The Labute approximate surface area is 185 Å². The molecule has 156 valence electrons. The number of aromatic nitrogens is 2. The summed E-state index contributed by atoms with van der Waals surface area (Å²) in [5, 5.41) is 9.43. The van der Waals surface area contributed by atoms with E-state index in [-0.39, 0.29) is 34.4 Å². The third-order valence-corrected chi connectivity index (χ3v) is 5.50. The number of rotatable bonds is 0. The van der Waals surface area contributed by atoms with Gasteiger partial charge in [-0.3, -0.25) is 4.79 Å². The van der Waals surface area contributed by atoms with E-state index in [2.05, 4.69) is 8.75 Å². The van der Waals surface area contributed by atoms with Crippen LogP contribution in [-0.2, 0) is 21.9 Å². The van der Waals surface area contributed by atoms with Crippen molar-refractivity contribution in [3.63, 3.8) is 0 Å². The van der Waals surface area contributed by atoms with Gasteiger partial charge in [0.1, 0.15) is 11.6 Å². The number of hydrogen-bond donors (Lipinski definition) is 2. The number of aliphatic carboxylic acids is 1. The number of aryl methyl sites for hydroxylation is 3. The largest absolute Gasteiger partial charge is 0.481 e. The van der Waals surface area contributed by atoms with Crippen molar-refractivity contribution in [1.29, 1.82) is 0 Å². The summed E-state index contributed by atoms with van der Waals surface area (Å²) < 4.78 is 36.0. The van der Waals surface area contributed by atoms with Gasteiger partial charge in [0, 0.05) is 34.8 Å². The van der Waals surface area contributed by atoms with Crippen molar-refractivity contribution in [2.75, 3.05) is 5.73 Å². The van der Waals surface area contributed by atoms with Crippen LogP contribution in [0.3, 0.4) is 0 Å². The van der Waals surface area contributed by atoms with Crippen molar-refractivity contribution in [2.24, 2.45) is 0 Å². The molecule has 0 saturated heterocycles. The van der Waals surface area contributed by atoms with E-state index >= 15 is 0 Å². The minimum absolute atomic E-state index is 0. The molecule has 0 aliphatic carbocycles. The number of hydrogen-bond acceptors (Lipinski definition) is 6. The topological polar surface area (TPSA) is 89.1 Å². The third kappa shape index (κ3) is 6.43. The zero-order chi connectivity index (χ0) is 21.0. The van der Waals surface area contributed by atoms with Gasteiger partial charge < -0.3 is 10.8 Å². The van der Waals surface area contributed by atoms with Crippen LogP contribution in [0, 0.1) is 32.4 Å². The molecule has 2 aromatic heterocycles. The quantitative estimate of drug-likeness (QED) is 0.258. The Balaban J connectivity index is 0.000000239. The molecule has 0 radical (unpaired) electrons. The molecule has 29 heavy (non-hydrogen) atoms. The number of nitrogen functional groups attached to an aromatic ring is 1. The maximum Gasteiger partial charge on any atom is 0.300 e. The van der Waals surface area contributed by atoms with E-state index in [1.807, 2.05) is 19.9 Å². The van der Waals surface area contributed by atoms with E-state index in [9.17, 15) is 8.78 Å². The molecule has 0 aliphatic rings. The number of carboxylic acid groups (broad SMARTS) is 1. The SMILES string of the molecule is CC(=O)O.Cc1cc2c(C)nsc2cc1F.Cc1nsc2cc(F)c(N)cc12.[Fe]. The molecule has 10 heteroatoms. The van der Waals surface area contributed by atoms with Gasteiger partial charge in [0.05, 0.1) is 26.5 Å². The van der Waals surface area contributed by atoms with Crippen LogP contribution in [-0.4, -0.2) is 19.8 Å². The molecule has 0 unspecified atom stereocenters. The van der Waals surface area contributed by atoms with Gasteiger partial charge in [-0.2, -0.15) is 8.75 Å². The first kappa shape index (κ1) is 24.9. The fourth-order valence-corrected chi connectivity index (χ4v) is 3.87. The van der Waals surface area contributed by atoms with E-state index in [1.54, 1.807) is 19.1 Å². The van der Waals surface area contributed by atoms with Gasteiger partial charge in [-0.1, -0.05) is 0 Å². The van der Waals surface area contributed by atoms with E-state index in [4.69, 9.17) is 15.6 Å². The number of fused-ring (bicyclic) bond motifs is 2. The predicted octanol–water partition coefficient (Wildman–Crippen LogP) is 5.47. The first-order chi connectivity index (χ1) is 13.1. The molecule has 0 amide bonds. The van der Waals surface area contributed by atoms with E-state index < -0.39 is 5.97 Å². The number of benzene rings is 2. The summed E-state index contributed by atoms with van der Waals surface area (Å²) in [6.45, 7) is 6.68. The Morgan fingerprint density at radius 2 is 1.34 bits per heavy atom. The summed E-state index contributed by atoms with van der Waals surface area (Å²) in [5.74, 6) is -1.35. The van der Waals surface area contributed by atoms with Gasteiger partial charge in [-0.15, -0.1) is 0 Å². The van der Waals surface area contributed by atoms with Gasteiger partial charge in [0.25, 0.3) is 5.97 Å². The predicted molar refractivity (Wildman–Crippen MR) is 111 cm³/mol. The number of carboxylic acids is 1. The van der Waals surface area contributed by atoms with Crippen LogP contribution < -0.4 is 5.73 Å². The van der Waals surface area contributed by atoms with Crippen molar-refractivity contribution in [3.05, 3.63) is 52.9 Å². The Morgan fingerprint density at radius 3 is 1.83 bits per heavy atom. The normalized spacial score (nSPS) is 9.86. The molecule has 0 fully saturated rings. The number of anilines is 1. The summed E-state index contributed by atoms with van der Waals surface area (Å²) in [5.41, 5.74) is 8.18. The number of halogens is 2. The van der Waals surface area contributed by atoms with Crippen LogP contribution in [0.4, 0.5) is 14.5 Å². The summed E-state index contributed by atoms with van der Waals surface area (Å²) in [7, 11) is 0. The van der Waals surface area contributed by atoms with Gasteiger partial charge in [-0.05, 0) is 73.7 Å². The summed E-state index contributed by atoms with van der Waals surface area (Å²) in [6, 6.07) is 6.46. The fraction of sp³-hybridized carbons (Fsp3) is 0.211. The van der Waals surface area contributed by atoms with Crippen molar-refractivity contribution in [3.8, 4) is 0 Å². The molecule has 3 N–H and O–H groups in total. The molecular formula is C19H19F2FeN3O2S2. The van der Waals surface area contributed by atoms with Crippen LogP contribution in [0.15, 0.2) is 24.3 Å². The van der Waals surface area contributed by atoms with Crippen LogP contribution in [0.5, 0.6) is 0 Å². The molecule has 0 bridgehead atoms. The Bertz CT molecular complexity index is 1060. The fourth-order valence-electron chi connectivity index (χ4n) is 2.29. The second kappa shape index (κ2) is 10.6. The molecule has 0 aliphatic heterocycles.